The van der Waals surface area contributed by atoms with Crippen LogP contribution in [0.15, 0.2) is 36.4 Å². The minimum atomic E-state index is -0.517. The zero-order valence-electron chi connectivity index (χ0n) is 10.1. The Balaban J connectivity index is 2.33. The van der Waals surface area contributed by atoms with Crippen molar-refractivity contribution in [2.45, 2.75) is 19.7 Å². The fraction of sp³-hybridized carbons (Fsp3) is 0.308. The molecular weight excluding hydrogens is 204 g/mol. The lowest BCUT2D eigenvalue weighted by molar-refractivity contribution is 0.0508. The molecule has 1 N–H and O–H groups in total. The van der Waals surface area contributed by atoms with Crippen molar-refractivity contribution in [3.05, 3.63) is 42.0 Å². The average Bonchev–Trinajstić information content (AvgIpc) is 2.34. The predicted molar refractivity (Wildman–Crippen MR) is 62.4 cm³/mol. The summed E-state index contributed by atoms with van der Waals surface area (Å²) in [5, 5.41) is 9.42. The molecule has 1 aromatic rings. The molecule has 1 aromatic carbocycles. The molecule has 0 saturated carbocycles. The summed E-state index contributed by atoms with van der Waals surface area (Å²) in [7, 11) is 0. The number of allylic oxidation sites excluding steroid dienone is 1. The maximum atomic E-state index is 11.5. The maximum Gasteiger partial charge on any atom is 0.341 e. The van der Waals surface area contributed by atoms with Crippen molar-refractivity contribution in [1.29, 1.82) is 0 Å². The highest BCUT2D eigenvalue weighted by atomic mass is 16.5. The Morgan fingerprint density at radius 2 is 2.31 bits per heavy atom. The third-order valence-corrected chi connectivity index (χ3v) is 1.97. The number of esters is 1. The molecule has 0 fully saturated rings. The number of hydrogen-bond acceptors (Lipinski definition) is 3. The van der Waals surface area contributed by atoms with Crippen LogP contribution >= 0.6 is 0 Å². The number of phenolic OH excluding ortho intramolecular Hbond substituents is 1. The molecule has 3 heteroatoms. The molecule has 0 saturated heterocycles. The number of aromatic hydroxyl groups is 1. The van der Waals surface area contributed by atoms with Crippen molar-refractivity contribution in [3.63, 3.8) is 0 Å². The first kappa shape index (κ1) is 10.7. The van der Waals surface area contributed by atoms with Gasteiger partial charge in [-0.2, -0.15) is 0 Å². The van der Waals surface area contributed by atoms with Crippen LogP contribution in [-0.2, 0) is 4.74 Å². The number of carbonyl (C=O) groups excluding carboxylic acids is 1. The third kappa shape index (κ3) is 3.77. The standard InChI is InChI=1S/C13H16O3/c1-2-3-4-7-10-16-13(15)11-8-5-6-9-12(11)14/h3-6,8-9,14H,2,7,10H2,1H3/b4-3-/i1D. The quantitative estimate of drug-likeness (QED) is 0.472. The lowest BCUT2D eigenvalue weighted by Crippen LogP contribution is -2.06. The largest absolute Gasteiger partial charge is 0.507 e. The van der Waals surface area contributed by atoms with E-state index in [0.29, 0.717) is 19.7 Å². The lowest BCUT2D eigenvalue weighted by atomic mass is 10.2. The van der Waals surface area contributed by atoms with Crippen LogP contribution in [-0.4, -0.2) is 17.7 Å². The first-order valence-corrected chi connectivity index (χ1v) is 5.15. The van der Waals surface area contributed by atoms with Crippen molar-refractivity contribution >= 4 is 5.97 Å². The van der Waals surface area contributed by atoms with E-state index < -0.39 is 5.97 Å². The minimum absolute atomic E-state index is 0.0674. The van der Waals surface area contributed by atoms with Gasteiger partial charge in [-0.25, -0.2) is 4.79 Å². The summed E-state index contributed by atoms with van der Waals surface area (Å²) in [6.45, 7) is 0.649. The van der Waals surface area contributed by atoms with Crippen LogP contribution in [0, 0.1) is 0 Å². The Hall–Kier alpha value is -1.77. The zero-order valence-corrected chi connectivity index (χ0v) is 9.06. The minimum Gasteiger partial charge on any atom is -0.507 e. The van der Waals surface area contributed by atoms with E-state index in [4.69, 9.17) is 6.11 Å². The molecule has 16 heavy (non-hydrogen) atoms. The topological polar surface area (TPSA) is 46.5 Å². The van der Waals surface area contributed by atoms with Gasteiger partial charge in [-0.05, 0) is 25.0 Å². The van der Waals surface area contributed by atoms with E-state index in [1.807, 2.05) is 12.2 Å². The van der Waals surface area contributed by atoms with Crippen LogP contribution in [0.5, 0.6) is 5.75 Å². The molecule has 0 atom stereocenters. The fourth-order valence-corrected chi connectivity index (χ4v) is 1.18. The number of phenols is 1. The zero-order chi connectivity index (χ0) is 12.5. The van der Waals surface area contributed by atoms with Gasteiger partial charge in [0.05, 0.1) is 6.61 Å². The number of ether oxygens (including phenoxy) is 1. The molecule has 0 radical (unpaired) electrons. The average molecular weight is 221 g/mol. The molecule has 86 valence electrons. The number of para-hydroxylation sites is 1. The summed E-state index contributed by atoms with van der Waals surface area (Å²) in [5.41, 5.74) is 0.183. The second-order valence-electron chi connectivity index (χ2n) is 3.20. The highest BCUT2D eigenvalue weighted by Crippen LogP contribution is 2.16. The van der Waals surface area contributed by atoms with Crippen LogP contribution in [0.25, 0.3) is 0 Å². The molecule has 0 aliphatic carbocycles. The van der Waals surface area contributed by atoms with Gasteiger partial charge in [0, 0.05) is 1.37 Å². The van der Waals surface area contributed by atoms with Gasteiger partial charge >= 0.3 is 5.97 Å². The summed E-state index contributed by atoms with van der Waals surface area (Å²) < 4.78 is 11.9. The number of benzene rings is 1. The maximum absolute atomic E-state index is 11.5. The normalized spacial score (nSPS) is 11.4. The summed E-state index contributed by atoms with van der Waals surface area (Å²) in [5.74, 6) is -0.584. The molecule has 0 bridgehead atoms. The van der Waals surface area contributed by atoms with Crippen molar-refractivity contribution < 1.29 is 16.0 Å². The van der Waals surface area contributed by atoms with Gasteiger partial charge < -0.3 is 9.84 Å². The second-order valence-corrected chi connectivity index (χ2v) is 3.20. The highest BCUT2D eigenvalue weighted by molar-refractivity contribution is 5.92. The summed E-state index contributed by atoms with van der Waals surface area (Å²) >= 11 is 0. The Morgan fingerprint density at radius 1 is 1.50 bits per heavy atom. The molecule has 3 nitrogen and oxygen atoms in total. The van der Waals surface area contributed by atoms with Crippen molar-refractivity contribution in [1.82, 2.24) is 0 Å². The first-order chi connectivity index (χ1) is 8.25. The summed E-state index contributed by atoms with van der Waals surface area (Å²) in [6, 6.07) is 6.29. The van der Waals surface area contributed by atoms with Crippen LogP contribution < -0.4 is 0 Å². The van der Waals surface area contributed by atoms with E-state index in [1.165, 1.54) is 12.1 Å². The van der Waals surface area contributed by atoms with E-state index in [-0.39, 0.29) is 17.9 Å². The molecular formula is C13H16O3. The molecule has 0 amide bonds. The van der Waals surface area contributed by atoms with Gasteiger partial charge in [0.15, 0.2) is 0 Å². The van der Waals surface area contributed by atoms with Crippen molar-refractivity contribution in [2.75, 3.05) is 6.61 Å². The molecule has 0 aromatic heterocycles. The van der Waals surface area contributed by atoms with Gasteiger partial charge in [-0.1, -0.05) is 31.2 Å². The summed E-state index contributed by atoms with van der Waals surface area (Å²) in [6.07, 6.45) is 5.11. The number of hydrogen-bond donors (Lipinski definition) is 1. The van der Waals surface area contributed by atoms with Gasteiger partial charge in [0.1, 0.15) is 11.3 Å². The van der Waals surface area contributed by atoms with Crippen LogP contribution in [0.1, 0.15) is 31.5 Å². The monoisotopic (exact) mass is 221 g/mol. The van der Waals surface area contributed by atoms with E-state index in [1.54, 1.807) is 12.1 Å². The lowest BCUT2D eigenvalue weighted by Gasteiger charge is -2.04. The van der Waals surface area contributed by atoms with Gasteiger partial charge in [0.25, 0.3) is 0 Å². The van der Waals surface area contributed by atoms with Crippen LogP contribution in [0.4, 0.5) is 0 Å². The van der Waals surface area contributed by atoms with Crippen LogP contribution in [0.2, 0.25) is 0 Å². The predicted octanol–water partition coefficient (Wildman–Crippen LogP) is 2.91. The van der Waals surface area contributed by atoms with Crippen molar-refractivity contribution in [3.8, 4) is 5.75 Å². The van der Waals surface area contributed by atoms with E-state index in [0.717, 1.165) is 0 Å². The van der Waals surface area contributed by atoms with Gasteiger partial charge in [-0.15, -0.1) is 0 Å². The third-order valence-electron chi connectivity index (χ3n) is 1.97. The molecule has 0 aliphatic rings. The highest BCUT2D eigenvalue weighted by Gasteiger charge is 2.10. The molecule has 0 aliphatic heterocycles. The molecule has 0 spiro atoms. The SMILES string of the molecule is [2H]CC/C=C\CCOC(=O)c1ccccc1O. The van der Waals surface area contributed by atoms with E-state index >= 15 is 0 Å². The molecule has 1 rings (SSSR count). The van der Waals surface area contributed by atoms with Crippen molar-refractivity contribution in [2.24, 2.45) is 0 Å². The Bertz CT molecular complexity index is 388. The smallest absolute Gasteiger partial charge is 0.341 e. The number of rotatable bonds is 5. The summed E-state index contributed by atoms with van der Waals surface area (Å²) in [4.78, 5) is 11.5. The van der Waals surface area contributed by atoms with E-state index in [9.17, 15) is 9.90 Å². The second kappa shape index (κ2) is 6.67. The first-order valence-electron chi connectivity index (χ1n) is 5.85. The molecule has 0 unspecified atom stereocenters. The Labute approximate surface area is 96.8 Å². The van der Waals surface area contributed by atoms with Crippen LogP contribution in [0.3, 0.4) is 0 Å². The number of carbonyl (C=O) groups is 1. The Kier molecular flexibility index (Phi) is 4.47. The van der Waals surface area contributed by atoms with E-state index in [2.05, 4.69) is 0 Å². The molecule has 0 heterocycles. The van der Waals surface area contributed by atoms with Gasteiger partial charge in [0.2, 0.25) is 0 Å². The van der Waals surface area contributed by atoms with Gasteiger partial charge in [-0.3, -0.25) is 0 Å². The fourth-order valence-electron chi connectivity index (χ4n) is 1.18. The Morgan fingerprint density at radius 3 is 3.06 bits per heavy atom.